The van der Waals surface area contributed by atoms with E-state index in [1.807, 2.05) is 24.3 Å². The molecule has 1 amide bonds. The second-order valence-electron chi connectivity index (χ2n) is 6.71. The van der Waals surface area contributed by atoms with Crippen molar-refractivity contribution in [1.29, 1.82) is 0 Å². The highest BCUT2D eigenvalue weighted by atomic mass is 32.1. The summed E-state index contributed by atoms with van der Waals surface area (Å²) in [6.07, 6.45) is 2.45. The number of nitrogens with one attached hydrogen (secondary N) is 1. The number of benzene rings is 1. The van der Waals surface area contributed by atoms with Gasteiger partial charge in [-0.1, -0.05) is 30.3 Å². The first kappa shape index (κ1) is 14.9. The van der Waals surface area contributed by atoms with Crippen molar-refractivity contribution in [1.82, 2.24) is 10.2 Å². The molecule has 1 N–H and O–H groups in total. The smallest absolute Gasteiger partial charge is 0.261 e. The molecule has 1 aromatic carbocycles. The van der Waals surface area contributed by atoms with E-state index in [1.165, 1.54) is 41.9 Å². The average molecular weight is 326 g/mol. The minimum absolute atomic E-state index is 0.0963. The number of nitrogens with zero attached hydrogens (tertiary/aromatic N) is 1. The number of fused-ring (bicyclic) bond motifs is 3. The van der Waals surface area contributed by atoms with Gasteiger partial charge in [0, 0.05) is 17.5 Å². The molecule has 4 heterocycles. The molecule has 3 saturated heterocycles. The van der Waals surface area contributed by atoms with E-state index in [0.29, 0.717) is 12.0 Å². The molecule has 23 heavy (non-hydrogen) atoms. The van der Waals surface area contributed by atoms with Gasteiger partial charge in [0.05, 0.1) is 4.88 Å². The van der Waals surface area contributed by atoms with Gasteiger partial charge in [0.1, 0.15) is 0 Å². The molecule has 4 heteroatoms. The number of carbonyl (C=O) groups is 1. The van der Waals surface area contributed by atoms with Gasteiger partial charge in [-0.3, -0.25) is 4.79 Å². The van der Waals surface area contributed by atoms with Gasteiger partial charge >= 0.3 is 0 Å². The molecule has 0 radical (unpaired) electrons. The van der Waals surface area contributed by atoms with Gasteiger partial charge < -0.3 is 10.2 Å². The van der Waals surface area contributed by atoms with Crippen LogP contribution in [0.25, 0.3) is 10.4 Å². The molecule has 1 unspecified atom stereocenters. The van der Waals surface area contributed by atoms with Crippen LogP contribution >= 0.6 is 11.3 Å². The molecule has 0 spiro atoms. The maximum absolute atomic E-state index is 12.7. The quantitative estimate of drug-likeness (QED) is 0.935. The van der Waals surface area contributed by atoms with Gasteiger partial charge in [0.2, 0.25) is 0 Å². The minimum Gasteiger partial charge on any atom is -0.347 e. The van der Waals surface area contributed by atoms with Gasteiger partial charge in [-0.2, -0.15) is 0 Å². The Labute approximate surface area is 141 Å². The third kappa shape index (κ3) is 2.93. The van der Waals surface area contributed by atoms with Crippen LogP contribution in [0.1, 0.15) is 28.1 Å². The lowest BCUT2D eigenvalue weighted by Gasteiger charge is -2.44. The molecule has 3 aliphatic heterocycles. The molecule has 2 bridgehead atoms. The Kier molecular flexibility index (Phi) is 3.95. The van der Waals surface area contributed by atoms with Gasteiger partial charge in [0.15, 0.2) is 0 Å². The van der Waals surface area contributed by atoms with Crippen molar-refractivity contribution in [2.45, 2.75) is 25.8 Å². The fraction of sp³-hybridized carbons (Fsp3) is 0.421. The Morgan fingerprint density at radius 3 is 2.61 bits per heavy atom. The van der Waals surface area contributed by atoms with Crippen molar-refractivity contribution in [3.8, 4) is 10.4 Å². The molecule has 1 atom stereocenters. The third-order valence-corrected chi connectivity index (χ3v) is 6.44. The predicted octanol–water partition coefficient (Wildman–Crippen LogP) is 3.55. The number of hydrogen-bond acceptors (Lipinski definition) is 3. The normalized spacial score (nSPS) is 26.2. The van der Waals surface area contributed by atoms with Crippen molar-refractivity contribution < 1.29 is 4.79 Å². The minimum atomic E-state index is 0.0963. The summed E-state index contributed by atoms with van der Waals surface area (Å²) in [5, 5.41) is 3.29. The average Bonchev–Trinajstić information content (AvgIpc) is 2.99. The van der Waals surface area contributed by atoms with Crippen LogP contribution < -0.4 is 5.32 Å². The zero-order valence-electron chi connectivity index (χ0n) is 13.4. The zero-order valence-corrected chi connectivity index (χ0v) is 14.2. The number of aryl methyl sites for hydroxylation is 1. The van der Waals surface area contributed by atoms with E-state index in [2.05, 4.69) is 29.3 Å². The van der Waals surface area contributed by atoms with E-state index in [9.17, 15) is 4.79 Å². The predicted molar refractivity (Wildman–Crippen MR) is 94.9 cm³/mol. The fourth-order valence-corrected chi connectivity index (χ4v) is 4.92. The van der Waals surface area contributed by atoms with Crippen molar-refractivity contribution in [3.05, 3.63) is 46.8 Å². The van der Waals surface area contributed by atoms with Crippen LogP contribution in [-0.4, -0.2) is 36.5 Å². The molecule has 2 aromatic rings. The van der Waals surface area contributed by atoms with E-state index < -0.39 is 0 Å². The molecule has 120 valence electrons. The Morgan fingerprint density at radius 1 is 1.22 bits per heavy atom. The summed E-state index contributed by atoms with van der Waals surface area (Å²) < 4.78 is 0. The summed E-state index contributed by atoms with van der Waals surface area (Å²) in [7, 11) is 0. The maximum Gasteiger partial charge on any atom is 0.261 e. The number of carbonyl (C=O) groups excluding carboxylic acids is 1. The highest BCUT2D eigenvalue weighted by Gasteiger charge is 2.35. The first-order valence-electron chi connectivity index (χ1n) is 8.40. The molecular formula is C19H22N2OS. The highest BCUT2D eigenvalue weighted by Crippen LogP contribution is 2.33. The Hall–Kier alpha value is -1.65. The van der Waals surface area contributed by atoms with Gasteiger partial charge in [-0.05, 0) is 56.0 Å². The molecule has 3 fully saturated rings. The fourth-order valence-electron chi connectivity index (χ4n) is 3.84. The van der Waals surface area contributed by atoms with Crippen LogP contribution in [0.2, 0.25) is 0 Å². The van der Waals surface area contributed by atoms with Crippen LogP contribution in [0.5, 0.6) is 0 Å². The van der Waals surface area contributed by atoms with Gasteiger partial charge in [0.25, 0.3) is 5.91 Å². The topological polar surface area (TPSA) is 32.3 Å². The summed E-state index contributed by atoms with van der Waals surface area (Å²) in [5.41, 5.74) is 2.37. The van der Waals surface area contributed by atoms with Crippen LogP contribution in [0.4, 0.5) is 0 Å². The van der Waals surface area contributed by atoms with E-state index in [0.717, 1.165) is 11.4 Å². The van der Waals surface area contributed by atoms with Crippen molar-refractivity contribution in [3.63, 3.8) is 0 Å². The van der Waals surface area contributed by atoms with Crippen LogP contribution in [0, 0.1) is 12.8 Å². The standard InChI is InChI=1S/C19H22N2OS/c1-13-11-17(23-18(13)15-5-3-2-4-6-15)19(22)20-16-12-21-9-7-14(16)8-10-21/h2-6,11,14,16H,7-10,12H2,1H3,(H,20,22). The van der Waals surface area contributed by atoms with E-state index in [1.54, 1.807) is 11.3 Å². The molecular weight excluding hydrogens is 304 g/mol. The van der Waals surface area contributed by atoms with E-state index in [4.69, 9.17) is 0 Å². The second-order valence-corrected chi connectivity index (χ2v) is 7.76. The lowest BCUT2D eigenvalue weighted by Crippen LogP contribution is -2.57. The highest BCUT2D eigenvalue weighted by molar-refractivity contribution is 7.17. The number of hydrogen-bond donors (Lipinski definition) is 1. The SMILES string of the molecule is Cc1cc(C(=O)NC2CN3CCC2CC3)sc1-c1ccccc1. The number of piperidine rings is 3. The van der Waals surface area contributed by atoms with Crippen LogP contribution in [0.15, 0.2) is 36.4 Å². The second kappa shape index (κ2) is 6.10. The summed E-state index contributed by atoms with van der Waals surface area (Å²) in [6, 6.07) is 12.7. The number of amides is 1. The van der Waals surface area contributed by atoms with Crippen LogP contribution in [-0.2, 0) is 0 Å². The molecule has 3 aliphatic rings. The summed E-state index contributed by atoms with van der Waals surface area (Å²) in [5.74, 6) is 0.762. The van der Waals surface area contributed by atoms with Crippen molar-refractivity contribution in [2.24, 2.45) is 5.92 Å². The zero-order chi connectivity index (χ0) is 15.8. The lowest BCUT2D eigenvalue weighted by molar-refractivity contribution is 0.0622. The number of rotatable bonds is 3. The Morgan fingerprint density at radius 2 is 1.96 bits per heavy atom. The molecule has 3 nitrogen and oxygen atoms in total. The van der Waals surface area contributed by atoms with Gasteiger partial charge in [-0.15, -0.1) is 11.3 Å². The Bertz CT molecular complexity index is 701. The largest absolute Gasteiger partial charge is 0.347 e. The maximum atomic E-state index is 12.7. The molecule has 1 aromatic heterocycles. The lowest BCUT2D eigenvalue weighted by atomic mass is 9.84. The third-order valence-electron chi connectivity index (χ3n) is 5.15. The van der Waals surface area contributed by atoms with E-state index in [-0.39, 0.29) is 5.91 Å². The summed E-state index contributed by atoms with van der Waals surface area (Å²) in [4.78, 5) is 17.2. The van der Waals surface area contributed by atoms with Gasteiger partial charge in [-0.25, -0.2) is 0 Å². The van der Waals surface area contributed by atoms with Crippen LogP contribution in [0.3, 0.4) is 0 Å². The number of thiophene rings is 1. The van der Waals surface area contributed by atoms with E-state index >= 15 is 0 Å². The summed E-state index contributed by atoms with van der Waals surface area (Å²) in [6.45, 7) is 5.51. The molecule has 0 aliphatic carbocycles. The first-order chi connectivity index (χ1) is 11.2. The van der Waals surface area contributed by atoms with Crippen molar-refractivity contribution >= 4 is 17.2 Å². The summed E-state index contributed by atoms with van der Waals surface area (Å²) >= 11 is 1.60. The molecule has 0 saturated carbocycles. The first-order valence-corrected chi connectivity index (χ1v) is 9.21. The molecule has 5 rings (SSSR count). The Balaban J connectivity index is 1.51. The van der Waals surface area contributed by atoms with Crippen molar-refractivity contribution in [2.75, 3.05) is 19.6 Å². The monoisotopic (exact) mass is 326 g/mol.